The molecule has 2 rings (SSSR count). The second kappa shape index (κ2) is 11.1. The van der Waals surface area contributed by atoms with Crippen molar-refractivity contribution in [2.24, 2.45) is 0 Å². The molecule has 27 heavy (non-hydrogen) atoms. The molecule has 2 aromatic rings. The molecule has 0 aliphatic rings. The molecule has 1 amide bonds. The Hall–Kier alpha value is -1.89. The van der Waals surface area contributed by atoms with Crippen molar-refractivity contribution in [3.05, 3.63) is 56.7 Å². The van der Waals surface area contributed by atoms with Gasteiger partial charge in [-0.2, -0.15) is 0 Å². The molecule has 1 N–H and O–H groups in total. The SMILES string of the molecule is COCC(=O)N(CCCc1ccc(C(=O)O)s1)CCCc1ccccc1Cl. The lowest BCUT2D eigenvalue weighted by Crippen LogP contribution is -2.35. The topological polar surface area (TPSA) is 66.8 Å². The number of hydrogen-bond donors (Lipinski definition) is 1. The number of halogens is 1. The van der Waals surface area contributed by atoms with E-state index in [0.717, 1.165) is 41.1 Å². The van der Waals surface area contributed by atoms with E-state index in [2.05, 4.69) is 0 Å². The number of rotatable bonds is 11. The van der Waals surface area contributed by atoms with Gasteiger partial charge in [0.05, 0.1) is 0 Å². The number of thiophene rings is 1. The number of carboxylic acid groups (broad SMARTS) is 1. The molecule has 1 aromatic heterocycles. The number of nitrogens with zero attached hydrogens (tertiary/aromatic N) is 1. The summed E-state index contributed by atoms with van der Waals surface area (Å²) in [5.41, 5.74) is 1.08. The Bertz CT molecular complexity index is 762. The van der Waals surface area contributed by atoms with Crippen LogP contribution in [0, 0.1) is 0 Å². The van der Waals surface area contributed by atoms with Gasteiger partial charge in [0.1, 0.15) is 11.5 Å². The van der Waals surface area contributed by atoms with E-state index in [1.165, 1.54) is 18.4 Å². The molecule has 0 spiro atoms. The van der Waals surface area contributed by atoms with E-state index in [4.69, 9.17) is 21.4 Å². The highest BCUT2D eigenvalue weighted by molar-refractivity contribution is 7.13. The van der Waals surface area contributed by atoms with Crippen molar-refractivity contribution in [3.8, 4) is 0 Å². The highest BCUT2D eigenvalue weighted by Crippen LogP contribution is 2.19. The lowest BCUT2D eigenvalue weighted by atomic mass is 10.1. The number of carbonyl (C=O) groups excluding carboxylic acids is 1. The fourth-order valence-electron chi connectivity index (χ4n) is 2.81. The van der Waals surface area contributed by atoms with Crippen molar-refractivity contribution in [3.63, 3.8) is 0 Å². The number of methoxy groups -OCH3 is 1. The first-order chi connectivity index (χ1) is 13.0. The zero-order valence-electron chi connectivity index (χ0n) is 15.3. The minimum atomic E-state index is -0.900. The molecule has 0 atom stereocenters. The summed E-state index contributed by atoms with van der Waals surface area (Å²) in [5, 5.41) is 9.74. The zero-order valence-corrected chi connectivity index (χ0v) is 16.9. The monoisotopic (exact) mass is 409 g/mol. The molecule has 0 aliphatic heterocycles. The molecular formula is C20H24ClNO4S. The van der Waals surface area contributed by atoms with Gasteiger partial charge < -0.3 is 14.7 Å². The third-order valence-electron chi connectivity index (χ3n) is 4.18. The van der Waals surface area contributed by atoms with E-state index in [1.807, 2.05) is 35.2 Å². The van der Waals surface area contributed by atoms with Crippen LogP contribution in [0.1, 0.15) is 33.0 Å². The van der Waals surface area contributed by atoms with Crippen molar-refractivity contribution >= 4 is 34.8 Å². The molecule has 0 saturated heterocycles. The predicted octanol–water partition coefficient (Wildman–Crippen LogP) is 4.14. The van der Waals surface area contributed by atoms with E-state index in [9.17, 15) is 9.59 Å². The Labute approximate surface area is 168 Å². The molecular weight excluding hydrogens is 386 g/mol. The Kier molecular flexibility index (Phi) is 8.78. The molecule has 1 aromatic carbocycles. The van der Waals surface area contributed by atoms with Gasteiger partial charge in [0.25, 0.3) is 0 Å². The summed E-state index contributed by atoms with van der Waals surface area (Å²) in [7, 11) is 1.51. The normalized spacial score (nSPS) is 10.7. The van der Waals surface area contributed by atoms with Gasteiger partial charge >= 0.3 is 5.97 Å². The van der Waals surface area contributed by atoms with Crippen LogP contribution in [0.15, 0.2) is 36.4 Å². The minimum absolute atomic E-state index is 0.0333. The highest BCUT2D eigenvalue weighted by atomic mass is 35.5. The van der Waals surface area contributed by atoms with Crippen molar-refractivity contribution < 1.29 is 19.4 Å². The minimum Gasteiger partial charge on any atom is -0.477 e. The third-order valence-corrected chi connectivity index (χ3v) is 5.68. The molecule has 5 nitrogen and oxygen atoms in total. The molecule has 1 heterocycles. The summed E-state index contributed by atoms with van der Waals surface area (Å²) in [6.45, 7) is 1.32. The Balaban J connectivity index is 1.84. The highest BCUT2D eigenvalue weighted by Gasteiger charge is 2.14. The summed E-state index contributed by atoms with van der Waals surface area (Å²) in [6.07, 6.45) is 3.16. The summed E-state index contributed by atoms with van der Waals surface area (Å²) in [5.74, 6) is -0.934. The second-order valence-corrected chi connectivity index (χ2v) is 7.76. The molecule has 146 valence electrons. The van der Waals surface area contributed by atoms with Gasteiger partial charge in [0, 0.05) is 30.1 Å². The van der Waals surface area contributed by atoms with Crippen molar-refractivity contribution in [1.82, 2.24) is 4.90 Å². The van der Waals surface area contributed by atoms with Gasteiger partial charge in [-0.15, -0.1) is 11.3 Å². The number of aromatic carboxylic acids is 1. The first-order valence-corrected chi connectivity index (χ1v) is 10.0. The number of ether oxygens (including phenoxy) is 1. The van der Waals surface area contributed by atoms with E-state index in [0.29, 0.717) is 18.0 Å². The fourth-order valence-corrected chi connectivity index (χ4v) is 3.93. The molecule has 0 bridgehead atoms. The first kappa shape index (κ1) is 21.4. The van der Waals surface area contributed by atoms with Crippen LogP contribution in [0.4, 0.5) is 0 Å². The summed E-state index contributed by atoms with van der Waals surface area (Å²) in [6, 6.07) is 11.2. The number of benzene rings is 1. The van der Waals surface area contributed by atoms with Crippen LogP contribution in [0.5, 0.6) is 0 Å². The van der Waals surface area contributed by atoms with E-state index in [1.54, 1.807) is 6.07 Å². The van der Waals surface area contributed by atoms with Crippen LogP contribution in [-0.4, -0.2) is 48.7 Å². The van der Waals surface area contributed by atoms with Crippen molar-refractivity contribution in [2.45, 2.75) is 25.7 Å². The van der Waals surface area contributed by atoms with Crippen LogP contribution in [-0.2, 0) is 22.4 Å². The summed E-state index contributed by atoms with van der Waals surface area (Å²) in [4.78, 5) is 26.4. The van der Waals surface area contributed by atoms with Gasteiger partial charge in [-0.25, -0.2) is 4.79 Å². The number of hydrogen-bond acceptors (Lipinski definition) is 4. The van der Waals surface area contributed by atoms with Crippen LogP contribution in [0.3, 0.4) is 0 Å². The maximum atomic E-state index is 12.3. The van der Waals surface area contributed by atoms with Gasteiger partial charge in [-0.1, -0.05) is 29.8 Å². The molecule has 0 aliphatic carbocycles. The molecule has 0 saturated carbocycles. The Morgan fingerprint density at radius 3 is 2.44 bits per heavy atom. The first-order valence-electron chi connectivity index (χ1n) is 8.83. The Morgan fingerprint density at radius 2 is 1.81 bits per heavy atom. The number of amides is 1. The van der Waals surface area contributed by atoms with Crippen molar-refractivity contribution in [2.75, 3.05) is 26.8 Å². The zero-order chi connectivity index (χ0) is 19.6. The van der Waals surface area contributed by atoms with Gasteiger partial charge in [0.15, 0.2) is 0 Å². The fraction of sp³-hybridized carbons (Fsp3) is 0.400. The van der Waals surface area contributed by atoms with Crippen LogP contribution < -0.4 is 0 Å². The standard InChI is InChI=1S/C20H24ClNO4S/c1-26-14-19(23)22(12-4-7-15-6-2-3-9-17(15)21)13-5-8-16-10-11-18(27-16)20(24)25/h2-3,6,9-11H,4-5,7-8,12-14H2,1H3,(H,24,25). The summed E-state index contributed by atoms with van der Waals surface area (Å²) >= 11 is 7.47. The smallest absolute Gasteiger partial charge is 0.345 e. The lowest BCUT2D eigenvalue weighted by molar-refractivity contribution is -0.135. The number of carbonyl (C=O) groups is 2. The van der Waals surface area contributed by atoms with Gasteiger partial charge in [-0.3, -0.25) is 4.79 Å². The van der Waals surface area contributed by atoms with Gasteiger partial charge in [0.2, 0.25) is 5.91 Å². The summed E-state index contributed by atoms with van der Waals surface area (Å²) < 4.78 is 4.99. The lowest BCUT2D eigenvalue weighted by Gasteiger charge is -2.22. The second-order valence-electron chi connectivity index (χ2n) is 6.18. The van der Waals surface area contributed by atoms with Crippen LogP contribution in [0.25, 0.3) is 0 Å². The molecule has 0 radical (unpaired) electrons. The van der Waals surface area contributed by atoms with E-state index >= 15 is 0 Å². The van der Waals surface area contributed by atoms with Crippen molar-refractivity contribution in [1.29, 1.82) is 0 Å². The average Bonchev–Trinajstić information content (AvgIpc) is 3.11. The maximum absolute atomic E-state index is 12.3. The number of carboxylic acids is 1. The van der Waals surface area contributed by atoms with Gasteiger partial charge in [-0.05, 0) is 49.4 Å². The largest absolute Gasteiger partial charge is 0.477 e. The quantitative estimate of drug-likeness (QED) is 0.605. The molecule has 0 unspecified atom stereocenters. The van der Waals surface area contributed by atoms with E-state index < -0.39 is 5.97 Å². The Morgan fingerprint density at radius 1 is 1.11 bits per heavy atom. The third kappa shape index (κ3) is 6.97. The van der Waals surface area contributed by atoms with Crippen LogP contribution >= 0.6 is 22.9 Å². The molecule has 0 fully saturated rings. The number of aryl methyl sites for hydroxylation is 2. The predicted molar refractivity (Wildman–Crippen MR) is 108 cm³/mol. The average molecular weight is 410 g/mol. The maximum Gasteiger partial charge on any atom is 0.345 e. The van der Waals surface area contributed by atoms with Crippen LogP contribution in [0.2, 0.25) is 5.02 Å². The molecule has 7 heteroatoms. The van der Waals surface area contributed by atoms with E-state index in [-0.39, 0.29) is 12.5 Å².